The molecule has 0 aromatic heterocycles. The van der Waals surface area contributed by atoms with Crippen molar-refractivity contribution >= 4 is 29.9 Å². The first kappa shape index (κ1) is 22.9. The number of hydrogen-bond acceptors (Lipinski definition) is 4. The van der Waals surface area contributed by atoms with Gasteiger partial charge in [-0.15, -0.1) is 24.0 Å². The molecule has 0 heterocycles. The lowest BCUT2D eigenvalue weighted by Gasteiger charge is -2.10. The molecule has 0 unspecified atom stereocenters. The number of aliphatic imine (C=N–C) groups is 1. The van der Waals surface area contributed by atoms with E-state index < -0.39 is 0 Å². The third-order valence-corrected chi connectivity index (χ3v) is 4.07. The van der Waals surface area contributed by atoms with Crippen molar-refractivity contribution in [2.75, 3.05) is 27.9 Å². The lowest BCUT2D eigenvalue weighted by molar-refractivity contribution is 0.354. The summed E-state index contributed by atoms with van der Waals surface area (Å²) in [6, 6.07) is 11.9. The van der Waals surface area contributed by atoms with Gasteiger partial charge in [-0.1, -0.05) is 18.2 Å². The maximum Gasteiger partial charge on any atom is 0.188 e. The lowest BCUT2D eigenvalue weighted by Crippen LogP contribution is -2.33. The summed E-state index contributed by atoms with van der Waals surface area (Å²) in [7, 11) is 4.91. The number of aryl methyl sites for hydroxylation is 1. The van der Waals surface area contributed by atoms with E-state index in [2.05, 4.69) is 22.4 Å². The van der Waals surface area contributed by atoms with Gasteiger partial charge >= 0.3 is 0 Å². The maximum atomic E-state index is 5.95. The van der Waals surface area contributed by atoms with E-state index in [9.17, 15) is 0 Å². The summed E-state index contributed by atoms with van der Waals surface area (Å²) in [6.07, 6.45) is 0.837. The number of guanidine groups is 1. The fourth-order valence-corrected chi connectivity index (χ4v) is 2.57. The van der Waals surface area contributed by atoms with Gasteiger partial charge in [-0.05, 0) is 48.2 Å². The quantitative estimate of drug-likeness (QED) is 0.341. The van der Waals surface area contributed by atoms with E-state index in [4.69, 9.17) is 19.9 Å². The summed E-state index contributed by atoms with van der Waals surface area (Å²) >= 11 is 0. The summed E-state index contributed by atoms with van der Waals surface area (Å²) in [5, 5.41) is 3.14. The van der Waals surface area contributed by atoms with Crippen LogP contribution < -0.4 is 25.3 Å². The second kappa shape index (κ2) is 11.5. The van der Waals surface area contributed by atoms with Crippen molar-refractivity contribution in [2.45, 2.75) is 19.9 Å². The number of nitrogens with one attached hydrogen (secondary N) is 1. The molecule has 0 aliphatic carbocycles. The summed E-state index contributed by atoms with van der Waals surface area (Å²) < 4.78 is 15.9. The Balaban J connectivity index is 0.00000364. The van der Waals surface area contributed by atoms with Crippen molar-refractivity contribution in [1.82, 2.24) is 5.32 Å². The third kappa shape index (κ3) is 6.82. The van der Waals surface area contributed by atoms with Crippen molar-refractivity contribution in [2.24, 2.45) is 10.7 Å². The van der Waals surface area contributed by atoms with Gasteiger partial charge < -0.3 is 25.3 Å². The number of hydrogen-bond donors (Lipinski definition) is 2. The molecular weight excluding hydrogens is 457 g/mol. The highest BCUT2D eigenvalue weighted by Gasteiger charge is 2.04. The lowest BCUT2D eigenvalue weighted by atomic mass is 10.1. The molecule has 6 nitrogen and oxygen atoms in total. The van der Waals surface area contributed by atoms with Crippen LogP contribution in [0.5, 0.6) is 17.2 Å². The Morgan fingerprint density at radius 1 is 0.926 bits per heavy atom. The highest BCUT2D eigenvalue weighted by molar-refractivity contribution is 14.0. The summed E-state index contributed by atoms with van der Waals surface area (Å²) in [5.74, 6) is 2.69. The number of nitrogens with two attached hydrogens (primary N) is 1. The number of benzene rings is 2. The van der Waals surface area contributed by atoms with Crippen LogP contribution in [0.2, 0.25) is 0 Å². The molecule has 148 valence electrons. The van der Waals surface area contributed by atoms with E-state index in [1.54, 1.807) is 21.3 Å². The highest BCUT2D eigenvalue weighted by Crippen LogP contribution is 2.27. The van der Waals surface area contributed by atoms with Crippen LogP contribution in [0.1, 0.15) is 16.7 Å². The molecule has 0 radical (unpaired) electrons. The fraction of sp³-hybridized carbons (Fsp3) is 0.350. The molecule has 3 N–H and O–H groups in total. The highest BCUT2D eigenvalue weighted by atomic mass is 127. The minimum Gasteiger partial charge on any atom is -0.496 e. The predicted octanol–water partition coefficient (Wildman–Crippen LogP) is 3.29. The zero-order chi connectivity index (χ0) is 18.9. The number of nitrogens with zero attached hydrogens (tertiary/aromatic N) is 1. The van der Waals surface area contributed by atoms with Crippen LogP contribution >= 0.6 is 24.0 Å². The first-order chi connectivity index (χ1) is 12.6. The molecule has 27 heavy (non-hydrogen) atoms. The number of rotatable bonds is 8. The molecule has 0 atom stereocenters. The zero-order valence-electron chi connectivity index (χ0n) is 16.2. The molecule has 0 fully saturated rings. The molecule has 0 aliphatic rings. The Labute approximate surface area is 178 Å². The number of halogens is 1. The van der Waals surface area contributed by atoms with Gasteiger partial charge in [0.05, 0.1) is 27.9 Å². The van der Waals surface area contributed by atoms with E-state index >= 15 is 0 Å². The fourth-order valence-electron chi connectivity index (χ4n) is 2.57. The van der Waals surface area contributed by atoms with Crippen molar-refractivity contribution in [3.8, 4) is 17.2 Å². The van der Waals surface area contributed by atoms with E-state index in [1.807, 2.05) is 31.2 Å². The van der Waals surface area contributed by atoms with Gasteiger partial charge in [0.1, 0.15) is 5.75 Å². The van der Waals surface area contributed by atoms with Crippen LogP contribution in [-0.2, 0) is 13.0 Å². The maximum absolute atomic E-state index is 5.95. The van der Waals surface area contributed by atoms with Crippen molar-refractivity contribution in [3.63, 3.8) is 0 Å². The van der Waals surface area contributed by atoms with Gasteiger partial charge in [-0.25, -0.2) is 4.99 Å². The van der Waals surface area contributed by atoms with Crippen LogP contribution in [0.15, 0.2) is 41.4 Å². The van der Waals surface area contributed by atoms with Crippen LogP contribution in [-0.4, -0.2) is 33.8 Å². The number of methoxy groups -OCH3 is 3. The molecule has 0 bridgehead atoms. The van der Waals surface area contributed by atoms with Gasteiger partial charge in [0.2, 0.25) is 0 Å². The van der Waals surface area contributed by atoms with E-state index in [0.29, 0.717) is 30.5 Å². The smallest absolute Gasteiger partial charge is 0.188 e. The van der Waals surface area contributed by atoms with Crippen molar-refractivity contribution in [3.05, 3.63) is 53.1 Å². The third-order valence-electron chi connectivity index (χ3n) is 4.07. The molecule has 2 aromatic rings. The molecule has 0 amide bonds. The predicted molar refractivity (Wildman–Crippen MR) is 120 cm³/mol. The average molecular weight is 485 g/mol. The van der Waals surface area contributed by atoms with Crippen LogP contribution in [0.3, 0.4) is 0 Å². The van der Waals surface area contributed by atoms with Gasteiger partial charge in [0, 0.05) is 6.54 Å². The van der Waals surface area contributed by atoms with E-state index in [-0.39, 0.29) is 24.0 Å². The molecule has 2 aromatic carbocycles. The van der Waals surface area contributed by atoms with Gasteiger partial charge in [0.25, 0.3) is 0 Å². The standard InChI is InChI=1S/C20H27N3O3.HI/c1-14-5-6-15(11-18(14)25-3)9-10-22-20(21)23-13-16-7-8-17(24-2)19(12-16)26-4;/h5-8,11-12H,9-10,13H2,1-4H3,(H3,21,22,23);1H. The normalized spacial score (nSPS) is 10.7. The van der Waals surface area contributed by atoms with E-state index in [0.717, 1.165) is 23.3 Å². The summed E-state index contributed by atoms with van der Waals surface area (Å²) in [6.45, 7) is 3.20. The van der Waals surface area contributed by atoms with Gasteiger partial charge in [-0.3, -0.25) is 0 Å². The first-order valence-electron chi connectivity index (χ1n) is 8.45. The second-order valence-electron chi connectivity index (χ2n) is 5.87. The molecule has 0 spiro atoms. The Hall–Kier alpha value is -2.16. The summed E-state index contributed by atoms with van der Waals surface area (Å²) in [5.41, 5.74) is 9.26. The molecular formula is C20H28IN3O3. The van der Waals surface area contributed by atoms with Gasteiger partial charge in [-0.2, -0.15) is 0 Å². The molecule has 0 aliphatic heterocycles. The zero-order valence-corrected chi connectivity index (χ0v) is 18.6. The SMILES string of the molecule is COc1cc(CCNC(N)=NCc2ccc(OC)c(OC)c2)ccc1C.I. The molecule has 0 saturated heterocycles. The Bertz CT molecular complexity index is 766. The topological polar surface area (TPSA) is 78.1 Å². The van der Waals surface area contributed by atoms with Gasteiger partial charge in [0.15, 0.2) is 17.5 Å². The summed E-state index contributed by atoms with van der Waals surface area (Å²) in [4.78, 5) is 4.37. The largest absolute Gasteiger partial charge is 0.496 e. The molecule has 2 rings (SSSR count). The average Bonchev–Trinajstić information content (AvgIpc) is 2.67. The van der Waals surface area contributed by atoms with Crippen LogP contribution in [0, 0.1) is 6.92 Å². The van der Waals surface area contributed by atoms with Crippen molar-refractivity contribution < 1.29 is 14.2 Å². The van der Waals surface area contributed by atoms with Crippen molar-refractivity contribution in [1.29, 1.82) is 0 Å². The van der Waals surface area contributed by atoms with Crippen LogP contribution in [0.25, 0.3) is 0 Å². The molecule has 7 heteroatoms. The monoisotopic (exact) mass is 485 g/mol. The first-order valence-corrected chi connectivity index (χ1v) is 8.45. The Morgan fingerprint density at radius 3 is 2.22 bits per heavy atom. The Kier molecular flexibility index (Phi) is 9.77. The Morgan fingerprint density at radius 2 is 1.56 bits per heavy atom. The van der Waals surface area contributed by atoms with E-state index in [1.165, 1.54) is 5.56 Å². The minimum absolute atomic E-state index is 0. The second-order valence-corrected chi connectivity index (χ2v) is 5.87. The van der Waals surface area contributed by atoms with Crippen LogP contribution in [0.4, 0.5) is 0 Å². The number of ether oxygens (including phenoxy) is 3. The molecule has 0 saturated carbocycles. The minimum atomic E-state index is 0.